The molecule has 0 N–H and O–H groups in total. The molecule has 3 atom stereocenters. The van der Waals surface area contributed by atoms with Crippen LogP contribution in [0.4, 0.5) is 4.39 Å². The average Bonchev–Trinajstić information content (AvgIpc) is 3.33. The minimum absolute atomic E-state index is 0.0200. The lowest BCUT2D eigenvalue weighted by atomic mass is 9.96. The second-order valence-electron chi connectivity index (χ2n) is 7.78. The van der Waals surface area contributed by atoms with Crippen LogP contribution in [0.3, 0.4) is 0 Å². The molecule has 148 valence electrons. The maximum absolute atomic E-state index is 13.4. The molecule has 1 fully saturated rings. The van der Waals surface area contributed by atoms with Crippen LogP contribution in [0.5, 0.6) is 0 Å². The number of hydrogen-bond acceptors (Lipinski definition) is 4. The Balaban J connectivity index is 1.62. The number of halogens is 1. The summed E-state index contributed by atoms with van der Waals surface area (Å²) in [5.74, 6) is -0.219. The Morgan fingerprint density at radius 3 is 2.62 bits per heavy atom. The van der Waals surface area contributed by atoms with Gasteiger partial charge >= 0.3 is 0 Å². The first-order chi connectivity index (χ1) is 14.0. The fourth-order valence-electron chi connectivity index (χ4n) is 4.53. The minimum Gasteiger partial charge on any atom is -0.341 e. The molecule has 0 spiro atoms. The molecule has 0 unspecified atom stereocenters. The third-order valence-corrected chi connectivity index (χ3v) is 6.86. The van der Waals surface area contributed by atoms with Crippen LogP contribution in [0.2, 0.25) is 0 Å². The molecule has 3 aromatic rings. The number of thioether (sulfide) groups is 1. The Labute approximate surface area is 174 Å². The van der Waals surface area contributed by atoms with Crippen LogP contribution >= 0.6 is 11.8 Å². The molecule has 2 aliphatic heterocycles. The van der Waals surface area contributed by atoms with E-state index in [4.69, 9.17) is 4.99 Å². The van der Waals surface area contributed by atoms with Gasteiger partial charge in [0.05, 0.1) is 11.7 Å². The molecule has 4 heterocycles. The first-order valence-corrected chi connectivity index (χ1v) is 10.8. The Morgan fingerprint density at radius 1 is 1.10 bits per heavy atom. The van der Waals surface area contributed by atoms with Crippen molar-refractivity contribution in [1.29, 1.82) is 0 Å². The summed E-state index contributed by atoms with van der Waals surface area (Å²) in [6, 6.07) is 15.1. The molecule has 2 aliphatic rings. The van der Waals surface area contributed by atoms with Crippen LogP contribution in [0.15, 0.2) is 59.7 Å². The average molecular weight is 407 g/mol. The van der Waals surface area contributed by atoms with E-state index in [1.54, 1.807) is 0 Å². The molecule has 0 aliphatic carbocycles. The van der Waals surface area contributed by atoms with E-state index >= 15 is 0 Å². The zero-order chi connectivity index (χ0) is 20.1. The molecular weight excluding hydrogens is 383 g/mol. The van der Waals surface area contributed by atoms with Crippen LogP contribution in [-0.4, -0.2) is 31.4 Å². The predicted molar refractivity (Wildman–Crippen MR) is 116 cm³/mol. The van der Waals surface area contributed by atoms with E-state index in [0.29, 0.717) is 5.25 Å². The van der Waals surface area contributed by atoms with Gasteiger partial charge in [-0.05, 0) is 61.9 Å². The quantitative estimate of drug-likeness (QED) is 0.598. The summed E-state index contributed by atoms with van der Waals surface area (Å²) in [6.07, 6.45) is 1.84. The number of nitrogens with zero attached hydrogens (tertiary/aromatic N) is 4. The van der Waals surface area contributed by atoms with Crippen molar-refractivity contribution in [3.8, 4) is 5.69 Å². The molecule has 2 aromatic heterocycles. The number of fused-ring (bicyclic) bond motifs is 1. The Hall–Kier alpha value is -2.60. The third-order valence-electron chi connectivity index (χ3n) is 5.76. The fraction of sp³-hybridized carbons (Fsp3) is 0.304. The zero-order valence-electron chi connectivity index (χ0n) is 16.7. The molecule has 1 aromatic carbocycles. The van der Waals surface area contributed by atoms with Gasteiger partial charge < -0.3 is 9.47 Å². The number of aromatic nitrogens is 2. The highest BCUT2D eigenvalue weighted by atomic mass is 32.2. The maximum atomic E-state index is 13.4. The van der Waals surface area contributed by atoms with Crippen LogP contribution < -0.4 is 0 Å². The van der Waals surface area contributed by atoms with Gasteiger partial charge in [-0.25, -0.2) is 4.39 Å². The van der Waals surface area contributed by atoms with Crippen molar-refractivity contribution < 1.29 is 4.39 Å². The SMILES string of the molecule is Cc1cc([C@@H]2[C@H](c3ccccn3)N=C3S[C@@H](C)CN32)c(C)n1-c1ccc(F)cc1. The van der Waals surface area contributed by atoms with Crippen molar-refractivity contribution in [2.24, 2.45) is 4.99 Å². The van der Waals surface area contributed by atoms with E-state index in [0.717, 1.165) is 28.8 Å². The first-order valence-electron chi connectivity index (χ1n) is 9.89. The molecule has 0 bridgehead atoms. The lowest BCUT2D eigenvalue weighted by Crippen LogP contribution is -2.28. The van der Waals surface area contributed by atoms with Crippen LogP contribution in [0.1, 0.15) is 41.7 Å². The highest BCUT2D eigenvalue weighted by molar-refractivity contribution is 8.14. The van der Waals surface area contributed by atoms with Crippen molar-refractivity contribution in [2.45, 2.75) is 38.1 Å². The normalized spacial score (nSPS) is 23.4. The summed E-state index contributed by atoms with van der Waals surface area (Å²) >= 11 is 1.85. The van der Waals surface area contributed by atoms with E-state index < -0.39 is 0 Å². The molecule has 6 heteroatoms. The van der Waals surface area contributed by atoms with E-state index in [9.17, 15) is 4.39 Å². The lowest BCUT2D eigenvalue weighted by Gasteiger charge is -2.27. The summed E-state index contributed by atoms with van der Waals surface area (Å²) < 4.78 is 15.6. The van der Waals surface area contributed by atoms with Crippen LogP contribution in [0.25, 0.3) is 5.69 Å². The van der Waals surface area contributed by atoms with Gasteiger partial charge in [-0.3, -0.25) is 9.98 Å². The number of hydrogen-bond donors (Lipinski definition) is 0. The van der Waals surface area contributed by atoms with Gasteiger partial charge in [0.25, 0.3) is 0 Å². The van der Waals surface area contributed by atoms with Gasteiger partial charge in [-0.1, -0.05) is 24.8 Å². The molecule has 4 nitrogen and oxygen atoms in total. The number of aryl methyl sites for hydroxylation is 1. The molecule has 1 saturated heterocycles. The van der Waals surface area contributed by atoms with Crippen molar-refractivity contribution in [3.05, 3.63) is 83.2 Å². The van der Waals surface area contributed by atoms with Crippen LogP contribution in [-0.2, 0) is 0 Å². The Kier molecular flexibility index (Phi) is 4.46. The lowest BCUT2D eigenvalue weighted by molar-refractivity contribution is 0.320. The van der Waals surface area contributed by atoms with E-state index in [1.807, 2.05) is 42.2 Å². The standard InChI is InChI=1S/C23H23FN4S/c1-14-12-19(16(3)28(14)18-9-7-17(24)8-10-18)22-21(20-6-4-5-11-25-20)26-23-27(22)13-15(2)29-23/h4-12,15,21-22H,13H2,1-3H3/t15-,21-,22+/m0/s1. The number of pyridine rings is 1. The maximum Gasteiger partial charge on any atom is 0.160 e. The molecule has 0 amide bonds. The van der Waals surface area contributed by atoms with Gasteiger partial charge in [-0.2, -0.15) is 0 Å². The van der Waals surface area contributed by atoms with Gasteiger partial charge in [0, 0.05) is 35.1 Å². The number of benzene rings is 1. The molecule has 0 radical (unpaired) electrons. The largest absolute Gasteiger partial charge is 0.341 e. The first kappa shape index (κ1) is 18.4. The number of aliphatic imine (C=N–C) groups is 1. The van der Waals surface area contributed by atoms with Crippen LogP contribution in [0, 0.1) is 19.7 Å². The monoisotopic (exact) mass is 406 g/mol. The smallest absolute Gasteiger partial charge is 0.160 e. The predicted octanol–water partition coefficient (Wildman–Crippen LogP) is 5.22. The Morgan fingerprint density at radius 2 is 1.90 bits per heavy atom. The third kappa shape index (κ3) is 3.06. The summed E-state index contributed by atoms with van der Waals surface area (Å²) in [7, 11) is 0. The number of amidine groups is 1. The second kappa shape index (κ2) is 7.02. The minimum atomic E-state index is -0.219. The topological polar surface area (TPSA) is 33.4 Å². The van der Waals surface area contributed by atoms with Gasteiger partial charge in [0.2, 0.25) is 0 Å². The van der Waals surface area contributed by atoms with Gasteiger partial charge in [-0.15, -0.1) is 0 Å². The van der Waals surface area contributed by atoms with Gasteiger partial charge in [0.15, 0.2) is 5.17 Å². The molecular formula is C23H23FN4S. The molecule has 29 heavy (non-hydrogen) atoms. The van der Waals surface area contributed by atoms with Crippen molar-refractivity contribution in [1.82, 2.24) is 14.5 Å². The highest BCUT2D eigenvalue weighted by Gasteiger charge is 2.44. The summed E-state index contributed by atoms with van der Waals surface area (Å²) in [6.45, 7) is 7.48. The Bertz CT molecular complexity index is 1070. The highest BCUT2D eigenvalue weighted by Crippen LogP contribution is 2.48. The van der Waals surface area contributed by atoms with Crippen molar-refractivity contribution in [2.75, 3.05) is 6.54 Å². The summed E-state index contributed by atoms with van der Waals surface area (Å²) in [5, 5.41) is 1.64. The van der Waals surface area contributed by atoms with Crippen molar-refractivity contribution in [3.63, 3.8) is 0 Å². The summed E-state index contributed by atoms with van der Waals surface area (Å²) in [4.78, 5) is 12.1. The molecule has 0 saturated carbocycles. The number of rotatable bonds is 3. The molecule has 5 rings (SSSR count). The van der Waals surface area contributed by atoms with E-state index in [1.165, 1.54) is 23.4 Å². The van der Waals surface area contributed by atoms with Crippen molar-refractivity contribution >= 4 is 16.9 Å². The second-order valence-corrected chi connectivity index (χ2v) is 9.18. The fourth-order valence-corrected chi connectivity index (χ4v) is 5.62. The van der Waals surface area contributed by atoms with E-state index in [2.05, 4.69) is 47.4 Å². The summed E-state index contributed by atoms with van der Waals surface area (Å²) in [5.41, 5.74) is 5.54. The van der Waals surface area contributed by atoms with Gasteiger partial charge in [0.1, 0.15) is 11.9 Å². The zero-order valence-corrected chi connectivity index (χ0v) is 17.5. The van der Waals surface area contributed by atoms with E-state index in [-0.39, 0.29) is 17.9 Å².